The van der Waals surface area contributed by atoms with Gasteiger partial charge in [0.1, 0.15) is 12.4 Å². The monoisotopic (exact) mass is 520 g/mol. The minimum Gasteiger partial charge on any atom is -0.493 e. The Bertz CT molecular complexity index is 1530. The summed E-state index contributed by atoms with van der Waals surface area (Å²) in [6.07, 6.45) is 3.48. The van der Waals surface area contributed by atoms with Crippen LogP contribution in [0.1, 0.15) is 31.0 Å². The van der Waals surface area contributed by atoms with E-state index >= 15 is 0 Å². The number of carbonyl (C=O) groups is 1. The predicted molar refractivity (Wildman–Crippen MR) is 142 cm³/mol. The molecule has 1 atom stereocenters. The molecule has 192 valence electrons. The van der Waals surface area contributed by atoms with Crippen molar-refractivity contribution in [2.24, 2.45) is 4.99 Å². The zero-order chi connectivity index (χ0) is 26.5. The predicted octanol–water partition coefficient (Wildman–Crippen LogP) is 3.38. The molecule has 0 bridgehead atoms. The van der Waals surface area contributed by atoms with Gasteiger partial charge in [-0.2, -0.15) is 0 Å². The number of rotatable bonds is 9. The summed E-state index contributed by atoms with van der Waals surface area (Å²) in [4.78, 5) is 31.9. The number of hydrogen-bond donors (Lipinski definition) is 0. The van der Waals surface area contributed by atoms with E-state index in [-0.39, 0.29) is 12.2 Å². The number of methoxy groups -OCH3 is 2. The highest BCUT2D eigenvalue weighted by molar-refractivity contribution is 7.07. The van der Waals surface area contributed by atoms with E-state index in [1.807, 2.05) is 30.3 Å². The van der Waals surface area contributed by atoms with Crippen LogP contribution in [0, 0.1) is 0 Å². The van der Waals surface area contributed by atoms with Crippen molar-refractivity contribution in [1.29, 1.82) is 0 Å². The van der Waals surface area contributed by atoms with Crippen molar-refractivity contribution < 1.29 is 23.7 Å². The third-order valence-electron chi connectivity index (χ3n) is 5.79. The Morgan fingerprint density at radius 2 is 1.86 bits per heavy atom. The summed E-state index contributed by atoms with van der Waals surface area (Å²) in [5.41, 5.74) is 2.04. The second-order valence-corrected chi connectivity index (χ2v) is 9.09. The van der Waals surface area contributed by atoms with Crippen LogP contribution in [0.5, 0.6) is 17.2 Å². The van der Waals surface area contributed by atoms with E-state index in [0.717, 1.165) is 5.56 Å². The van der Waals surface area contributed by atoms with E-state index in [2.05, 4.69) is 11.6 Å². The smallest absolute Gasteiger partial charge is 0.338 e. The highest BCUT2D eigenvalue weighted by Crippen LogP contribution is 2.36. The highest BCUT2D eigenvalue weighted by Gasteiger charge is 2.33. The van der Waals surface area contributed by atoms with Gasteiger partial charge < -0.3 is 18.9 Å². The molecule has 9 heteroatoms. The van der Waals surface area contributed by atoms with Crippen LogP contribution in [0.2, 0.25) is 0 Å². The Hall–Kier alpha value is -4.11. The molecule has 0 fully saturated rings. The van der Waals surface area contributed by atoms with Gasteiger partial charge in [-0.1, -0.05) is 42.2 Å². The van der Waals surface area contributed by atoms with Gasteiger partial charge in [-0.3, -0.25) is 9.36 Å². The van der Waals surface area contributed by atoms with Crippen molar-refractivity contribution in [3.05, 3.63) is 97.2 Å². The number of fused-ring (bicyclic) bond motifs is 1. The maximum absolute atomic E-state index is 13.7. The average Bonchev–Trinajstić information content (AvgIpc) is 3.21. The van der Waals surface area contributed by atoms with Gasteiger partial charge in [-0.15, -0.1) is 0 Å². The lowest BCUT2D eigenvalue weighted by molar-refractivity contribution is -0.139. The van der Waals surface area contributed by atoms with Gasteiger partial charge in [0.05, 0.1) is 42.7 Å². The van der Waals surface area contributed by atoms with Gasteiger partial charge in [0.2, 0.25) is 0 Å². The Morgan fingerprint density at radius 1 is 1.14 bits per heavy atom. The molecule has 1 aromatic heterocycles. The maximum Gasteiger partial charge on any atom is 0.338 e. The molecule has 0 amide bonds. The van der Waals surface area contributed by atoms with Crippen molar-refractivity contribution >= 4 is 23.4 Å². The molecule has 2 aromatic carbocycles. The van der Waals surface area contributed by atoms with Crippen molar-refractivity contribution in [2.75, 3.05) is 27.4 Å². The molecule has 0 saturated carbocycles. The first-order chi connectivity index (χ1) is 17.9. The number of hydrogen-bond acceptors (Lipinski definition) is 8. The summed E-state index contributed by atoms with van der Waals surface area (Å²) >= 11 is 1.26. The van der Waals surface area contributed by atoms with E-state index in [9.17, 15) is 9.59 Å². The zero-order valence-corrected chi connectivity index (χ0v) is 22.0. The summed E-state index contributed by atoms with van der Waals surface area (Å²) in [7, 11) is 3.08. The van der Waals surface area contributed by atoms with Crippen molar-refractivity contribution in [2.45, 2.75) is 19.9 Å². The Labute approximate surface area is 218 Å². The molecule has 0 spiro atoms. The molecule has 0 radical (unpaired) electrons. The number of ether oxygens (including phenoxy) is 4. The summed E-state index contributed by atoms with van der Waals surface area (Å²) < 4.78 is 23.8. The molecule has 0 saturated heterocycles. The van der Waals surface area contributed by atoms with E-state index in [1.165, 1.54) is 18.4 Å². The van der Waals surface area contributed by atoms with Crippen LogP contribution < -0.4 is 29.1 Å². The van der Waals surface area contributed by atoms with Crippen molar-refractivity contribution in [1.82, 2.24) is 4.57 Å². The van der Waals surface area contributed by atoms with E-state index in [0.29, 0.717) is 50.0 Å². The summed E-state index contributed by atoms with van der Waals surface area (Å²) in [6.45, 7) is 7.75. The third kappa shape index (κ3) is 5.22. The quantitative estimate of drug-likeness (QED) is 0.318. The lowest BCUT2D eigenvalue weighted by Gasteiger charge is -2.25. The van der Waals surface area contributed by atoms with Gasteiger partial charge in [0, 0.05) is 0 Å². The second kappa shape index (κ2) is 11.3. The lowest BCUT2D eigenvalue weighted by atomic mass is 9.95. The van der Waals surface area contributed by atoms with E-state index in [4.69, 9.17) is 18.9 Å². The van der Waals surface area contributed by atoms with Crippen LogP contribution in [0.25, 0.3) is 6.08 Å². The molecule has 1 unspecified atom stereocenters. The third-order valence-corrected chi connectivity index (χ3v) is 6.77. The minimum absolute atomic E-state index is 0.200. The van der Waals surface area contributed by atoms with Gasteiger partial charge in [-0.05, 0) is 55.3 Å². The molecule has 4 rings (SSSR count). The molecule has 2 heterocycles. The van der Waals surface area contributed by atoms with Crippen LogP contribution in [-0.2, 0) is 9.53 Å². The zero-order valence-electron chi connectivity index (χ0n) is 21.1. The fraction of sp³-hybridized carbons (Fsp3) is 0.250. The maximum atomic E-state index is 13.7. The van der Waals surface area contributed by atoms with Crippen molar-refractivity contribution in [3.63, 3.8) is 0 Å². The highest BCUT2D eigenvalue weighted by atomic mass is 32.1. The van der Waals surface area contributed by atoms with E-state index in [1.54, 1.807) is 49.8 Å². The number of benzene rings is 2. The summed E-state index contributed by atoms with van der Waals surface area (Å²) in [5.74, 6) is 1.21. The normalized spacial score (nSPS) is 15.0. The first-order valence-electron chi connectivity index (χ1n) is 11.7. The number of aromatic nitrogens is 1. The second-order valence-electron chi connectivity index (χ2n) is 8.09. The SMILES string of the molecule is C=CCOc1ccc(/C=c2/sc3n(c2=O)C(c2ccc(OC)c(OC)c2)C(C(=O)OCC)=C(C)N=3)cc1. The van der Waals surface area contributed by atoms with Crippen LogP contribution >= 0.6 is 11.3 Å². The lowest BCUT2D eigenvalue weighted by Crippen LogP contribution is -2.39. The van der Waals surface area contributed by atoms with Crippen LogP contribution in [0.3, 0.4) is 0 Å². The number of allylic oxidation sites excluding steroid dienone is 1. The molecule has 1 aliphatic heterocycles. The number of esters is 1. The Morgan fingerprint density at radius 3 is 2.51 bits per heavy atom. The van der Waals surface area contributed by atoms with Crippen LogP contribution in [-0.4, -0.2) is 38.0 Å². The molecule has 37 heavy (non-hydrogen) atoms. The van der Waals surface area contributed by atoms with E-state index < -0.39 is 12.0 Å². The Kier molecular flexibility index (Phi) is 7.93. The minimum atomic E-state index is -0.744. The van der Waals surface area contributed by atoms with Gasteiger partial charge in [0.15, 0.2) is 16.3 Å². The molecule has 3 aromatic rings. The largest absolute Gasteiger partial charge is 0.493 e. The fourth-order valence-electron chi connectivity index (χ4n) is 4.10. The standard InChI is InChI=1S/C28H28N2O6S/c1-6-14-36-20-11-8-18(9-12-20)15-23-26(31)30-25(19-10-13-21(33-4)22(16-19)34-5)24(27(32)35-7-2)17(3)29-28(30)37-23/h6,8-13,15-16,25H,1,7,14H2,2-5H3/b23-15+. The fourth-order valence-corrected chi connectivity index (χ4v) is 5.14. The van der Waals surface area contributed by atoms with Gasteiger partial charge in [-0.25, -0.2) is 9.79 Å². The number of carbonyl (C=O) groups excluding carboxylic acids is 1. The van der Waals surface area contributed by atoms with Crippen LogP contribution in [0.15, 0.2) is 76.2 Å². The number of nitrogens with zero attached hydrogens (tertiary/aromatic N) is 2. The summed E-state index contributed by atoms with van der Waals surface area (Å²) in [6, 6.07) is 12.0. The summed E-state index contributed by atoms with van der Waals surface area (Å²) in [5, 5.41) is 0. The Balaban J connectivity index is 1.87. The molecular weight excluding hydrogens is 492 g/mol. The molecule has 8 nitrogen and oxygen atoms in total. The molecule has 0 aliphatic carbocycles. The molecule has 1 aliphatic rings. The molecular formula is C28H28N2O6S. The average molecular weight is 521 g/mol. The first kappa shape index (κ1) is 26.0. The van der Waals surface area contributed by atoms with Crippen LogP contribution in [0.4, 0.5) is 0 Å². The number of thiazole rings is 1. The van der Waals surface area contributed by atoms with Crippen molar-refractivity contribution in [3.8, 4) is 17.2 Å². The van der Waals surface area contributed by atoms with Gasteiger partial charge >= 0.3 is 5.97 Å². The molecule has 0 N–H and O–H groups in total. The topological polar surface area (TPSA) is 88.3 Å². The van der Waals surface area contributed by atoms with Gasteiger partial charge in [0.25, 0.3) is 5.56 Å². The first-order valence-corrected chi connectivity index (χ1v) is 12.5.